The van der Waals surface area contributed by atoms with E-state index in [1.165, 1.54) is 0 Å². The fourth-order valence-corrected chi connectivity index (χ4v) is 0. The van der Waals surface area contributed by atoms with Crippen LogP contribution in [-0.2, 0) is 53.4 Å². The van der Waals surface area contributed by atoms with Gasteiger partial charge in [0.1, 0.15) is 0 Å². The molecule has 0 unspecified atom stereocenters. The minimum atomic E-state index is -1.42. The van der Waals surface area contributed by atoms with Crippen LogP contribution in [0.2, 0.25) is 0 Å². The van der Waals surface area contributed by atoms with Gasteiger partial charge in [0.15, 0.2) is 0 Å². The molecular weight excluding hydrogens is 359 g/mol. The summed E-state index contributed by atoms with van der Waals surface area (Å²) in [5, 5.41) is 0. The van der Waals surface area contributed by atoms with E-state index in [1.807, 2.05) is 0 Å². The van der Waals surface area contributed by atoms with Gasteiger partial charge in [0.05, 0.1) is 0 Å². The van der Waals surface area contributed by atoms with Gasteiger partial charge in [-0.1, -0.05) is 0 Å². The number of hydrogen-bond acceptors (Lipinski definition) is 3. The molecule has 0 rings (SSSR count). The molecule has 0 saturated heterocycles. The van der Waals surface area contributed by atoms with Crippen molar-refractivity contribution in [3.8, 4) is 0 Å². The van der Waals surface area contributed by atoms with Crippen molar-refractivity contribution in [3.05, 3.63) is 0 Å². The first-order chi connectivity index (χ1) is 2.41. The zero-order chi connectivity index (χ0) is 4.71. The van der Waals surface area contributed by atoms with Gasteiger partial charge in [-0.2, -0.15) is 0 Å². The van der Waals surface area contributed by atoms with Crippen LogP contribution in [0.15, 0.2) is 0 Å². The van der Waals surface area contributed by atoms with E-state index in [0.717, 1.165) is 0 Å². The summed E-state index contributed by atoms with van der Waals surface area (Å²) in [4.78, 5) is 0. The maximum absolute atomic E-state index is 8.40. The molecule has 0 amide bonds. The number of rotatable bonds is 0. The van der Waals surface area contributed by atoms with Gasteiger partial charge in [-0.05, 0) is 0 Å². The summed E-state index contributed by atoms with van der Waals surface area (Å²) in [5.41, 5.74) is 0. The van der Waals surface area contributed by atoms with Gasteiger partial charge >= 0.3 is 31.5 Å². The molecule has 0 aromatic carbocycles. The summed E-state index contributed by atoms with van der Waals surface area (Å²) in [6.07, 6.45) is 0. The van der Waals surface area contributed by atoms with Crippen LogP contribution in [0.25, 0.3) is 0 Å². The third-order valence-electron chi connectivity index (χ3n) is 0. The van der Waals surface area contributed by atoms with Crippen molar-refractivity contribution in [2.75, 3.05) is 0 Å². The van der Waals surface area contributed by atoms with Crippen molar-refractivity contribution in [1.82, 2.24) is 0 Å². The summed E-state index contributed by atoms with van der Waals surface area (Å²) < 4.78 is 25.1. The van der Waals surface area contributed by atoms with Gasteiger partial charge in [-0.25, -0.2) is 9.13 Å². The molecule has 6 heteroatoms. The molecule has 0 saturated carbocycles. The molecule has 0 spiro atoms. The quantitative estimate of drug-likeness (QED) is 0.460. The third kappa shape index (κ3) is 72.8. The van der Waals surface area contributed by atoms with Crippen molar-refractivity contribution in [1.29, 1.82) is 0 Å². The molecule has 0 heterocycles. The van der Waals surface area contributed by atoms with E-state index in [2.05, 4.69) is 0 Å². The molecule has 0 fully saturated rings. The van der Waals surface area contributed by atoms with E-state index < -0.39 is 8.34 Å². The summed E-state index contributed by atoms with van der Waals surface area (Å²) in [6.45, 7) is 0. The van der Waals surface area contributed by atoms with E-state index >= 15 is 0 Å². The van der Waals surface area contributed by atoms with Crippen LogP contribution in [0, 0.1) is 0 Å². The average Bonchev–Trinajstić information content (AvgIpc) is 1.46. The molecule has 0 radical (unpaired) electrons. The molecule has 6 heavy (non-hydrogen) atoms. The van der Waals surface area contributed by atoms with Crippen LogP contribution in [0.1, 0.15) is 0 Å². The van der Waals surface area contributed by atoms with Crippen LogP contribution in [0.5, 0.6) is 0 Å². The molecule has 0 aliphatic carbocycles. The second-order valence-corrected chi connectivity index (χ2v) is 0.250. The van der Waals surface area contributed by atoms with E-state index in [9.17, 15) is 0 Å². The molecule has 0 atom stereocenters. The van der Waals surface area contributed by atoms with E-state index in [-0.39, 0.29) is 21.1 Å². The molecule has 0 N–H and O–H groups in total. The Balaban J connectivity index is -0.0000000275. The molecule has 3 nitrogen and oxygen atoms in total. The van der Waals surface area contributed by atoms with Crippen molar-refractivity contribution in [3.63, 3.8) is 0 Å². The average molecular weight is 360 g/mol. The second-order valence-electron chi connectivity index (χ2n) is 0.0833. The van der Waals surface area contributed by atoms with E-state index in [4.69, 9.17) is 12.5 Å². The molecule has 0 aromatic heterocycles. The maximum atomic E-state index is 8.40. The second kappa shape index (κ2) is 36.3. The Bertz CT molecular complexity index is 40.1. The first-order valence-corrected chi connectivity index (χ1v) is 2.59. The first kappa shape index (κ1) is 15.7. The molecule has 0 aromatic rings. The molecule has 0 aliphatic rings. The Kier molecular flexibility index (Phi) is 95.2. The van der Waals surface area contributed by atoms with Gasteiger partial charge in [0.2, 0.25) is 0 Å². The summed E-state index contributed by atoms with van der Waals surface area (Å²) in [6, 6.07) is 0. The standard InChI is InChI=1S/Mo.HO2P.O.W/c;1-3-2;;/h;3H;;. The van der Waals surface area contributed by atoms with Gasteiger partial charge < -0.3 is 0 Å². The Morgan fingerprint density at radius 3 is 1.17 bits per heavy atom. The predicted molar refractivity (Wildman–Crippen MR) is 10.4 cm³/mol. The predicted octanol–water partition coefficient (Wildman–Crippen LogP) is 0.232. The van der Waals surface area contributed by atoms with Gasteiger partial charge in [0, 0.05) is 21.1 Å². The first-order valence-electron chi connectivity index (χ1n) is 0.575. The van der Waals surface area contributed by atoms with E-state index in [0.29, 0.717) is 19.8 Å². The summed E-state index contributed by atoms with van der Waals surface area (Å²) in [7, 11) is -1.42. The fraction of sp³-hybridized carbons (Fsp3) is 0. The third-order valence-corrected chi connectivity index (χ3v) is 0. The zero-order valence-corrected chi connectivity index (χ0v) is 8.48. The van der Waals surface area contributed by atoms with Crippen LogP contribution in [-0.4, -0.2) is 0 Å². The monoisotopic (exact) mass is 362 g/mol. The summed E-state index contributed by atoms with van der Waals surface area (Å²) in [5.74, 6) is 0. The van der Waals surface area contributed by atoms with E-state index in [1.54, 1.807) is 0 Å². The Morgan fingerprint density at radius 2 is 1.17 bits per heavy atom. The minimum absolute atomic E-state index is 0. The van der Waals surface area contributed by atoms with Gasteiger partial charge in [-0.3, -0.25) is 0 Å². The van der Waals surface area contributed by atoms with Crippen molar-refractivity contribution in [2.45, 2.75) is 0 Å². The van der Waals surface area contributed by atoms with Crippen molar-refractivity contribution < 1.29 is 53.4 Å². The van der Waals surface area contributed by atoms with Crippen molar-refractivity contribution in [2.24, 2.45) is 0 Å². The van der Waals surface area contributed by atoms with Crippen molar-refractivity contribution >= 4 is 8.34 Å². The van der Waals surface area contributed by atoms with Gasteiger partial charge in [0.25, 0.3) is 0 Å². The Hall–Kier alpha value is 1.08. The normalized spacial score (nSPS) is 2.67. The van der Waals surface area contributed by atoms with Crippen LogP contribution < -0.4 is 0 Å². The zero-order valence-electron chi connectivity index (χ0n) is 2.54. The SMILES string of the molecule is O=[PH]=O.[Mo].[O]=[W]. The van der Waals surface area contributed by atoms with Crippen LogP contribution >= 0.6 is 8.34 Å². The van der Waals surface area contributed by atoms with Crippen LogP contribution in [0.3, 0.4) is 0 Å². The van der Waals surface area contributed by atoms with Crippen LogP contribution in [0.4, 0.5) is 0 Å². The Labute approximate surface area is 61.6 Å². The fourth-order valence-electron chi connectivity index (χ4n) is 0. The summed E-state index contributed by atoms with van der Waals surface area (Å²) >= 11 is 0.333. The molecule has 36 valence electrons. The molecule has 0 bridgehead atoms. The molecular formula is HMoO3PW. The topological polar surface area (TPSA) is 51.2 Å². The molecule has 0 aliphatic heterocycles. The number of hydrogen-bond donors (Lipinski definition) is 0. The van der Waals surface area contributed by atoms with Gasteiger partial charge in [-0.15, -0.1) is 0 Å². The Morgan fingerprint density at radius 1 is 1.17 bits per heavy atom.